The van der Waals surface area contributed by atoms with E-state index >= 15 is 0 Å². The second-order valence-corrected chi connectivity index (χ2v) is 3.06. The molecule has 1 aromatic heterocycles. The second-order valence-electron chi connectivity index (χ2n) is 2.11. The van der Waals surface area contributed by atoms with Crippen molar-refractivity contribution in [2.24, 2.45) is 0 Å². The molecule has 0 aliphatic heterocycles. The van der Waals surface area contributed by atoms with Gasteiger partial charge in [0.15, 0.2) is 6.29 Å². The average molecular weight is 170 g/mol. The summed E-state index contributed by atoms with van der Waals surface area (Å²) in [5.74, 6) is 0. The first-order valence-corrected chi connectivity index (χ1v) is 4.35. The number of ether oxygens (including phenoxy) is 1. The van der Waals surface area contributed by atoms with Gasteiger partial charge < -0.3 is 4.74 Å². The molecule has 11 heavy (non-hydrogen) atoms. The first kappa shape index (κ1) is 8.43. The fourth-order valence-corrected chi connectivity index (χ4v) is 1.45. The Labute approximate surface area is 69.8 Å². The highest BCUT2D eigenvalue weighted by Gasteiger charge is 1.96. The molecule has 0 saturated carbocycles. The van der Waals surface area contributed by atoms with Gasteiger partial charge in [-0.2, -0.15) is 0 Å². The molecule has 0 amide bonds. The molecule has 0 N–H and O–H groups in total. The van der Waals surface area contributed by atoms with Crippen LogP contribution in [0.5, 0.6) is 0 Å². The van der Waals surface area contributed by atoms with Crippen LogP contribution in [0.4, 0.5) is 0 Å². The van der Waals surface area contributed by atoms with Gasteiger partial charge in [0.2, 0.25) is 0 Å². The van der Waals surface area contributed by atoms with Crippen molar-refractivity contribution < 1.29 is 9.53 Å². The third-order valence-electron chi connectivity index (χ3n) is 1.26. The Kier molecular flexibility index (Phi) is 3.26. The van der Waals surface area contributed by atoms with Crippen molar-refractivity contribution in [3.05, 3.63) is 21.9 Å². The Morgan fingerprint density at radius 3 is 3.09 bits per heavy atom. The van der Waals surface area contributed by atoms with Gasteiger partial charge in [-0.1, -0.05) is 0 Å². The van der Waals surface area contributed by atoms with E-state index in [0.29, 0.717) is 13.2 Å². The van der Waals surface area contributed by atoms with E-state index in [2.05, 4.69) is 0 Å². The minimum absolute atomic E-state index is 0.612. The highest BCUT2D eigenvalue weighted by Crippen LogP contribution is 2.12. The summed E-state index contributed by atoms with van der Waals surface area (Å²) in [6.07, 6.45) is 0.861. The van der Waals surface area contributed by atoms with Crippen LogP contribution in [-0.4, -0.2) is 12.9 Å². The zero-order valence-corrected chi connectivity index (χ0v) is 7.19. The van der Waals surface area contributed by atoms with E-state index in [1.807, 2.05) is 18.4 Å². The van der Waals surface area contributed by atoms with Gasteiger partial charge >= 0.3 is 0 Å². The molecule has 3 heteroatoms. The van der Waals surface area contributed by atoms with Gasteiger partial charge in [-0.15, -0.1) is 11.3 Å². The summed E-state index contributed by atoms with van der Waals surface area (Å²) in [5, 5.41) is 1.94. The standard InChI is InChI=1S/C8H10O2S/c1-2-10-5-7-3-8(4-9)11-6-7/h3-4,6H,2,5H2,1H3. The summed E-state index contributed by atoms with van der Waals surface area (Å²) in [6, 6.07) is 1.85. The highest BCUT2D eigenvalue weighted by molar-refractivity contribution is 7.11. The summed E-state index contributed by atoms with van der Waals surface area (Å²) in [6.45, 7) is 3.28. The fourth-order valence-electron chi connectivity index (χ4n) is 0.752. The number of carbonyl (C=O) groups excluding carboxylic acids is 1. The molecule has 60 valence electrons. The molecule has 0 spiro atoms. The van der Waals surface area contributed by atoms with Crippen LogP contribution in [0.2, 0.25) is 0 Å². The molecule has 0 aromatic carbocycles. The molecule has 0 aliphatic carbocycles. The molecule has 2 nitrogen and oxygen atoms in total. The van der Waals surface area contributed by atoms with E-state index in [0.717, 1.165) is 16.7 Å². The van der Waals surface area contributed by atoms with Crippen molar-refractivity contribution in [1.82, 2.24) is 0 Å². The van der Waals surface area contributed by atoms with Crippen LogP contribution in [0, 0.1) is 0 Å². The van der Waals surface area contributed by atoms with Gasteiger partial charge in [-0.3, -0.25) is 4.79 Å². The molecular formula is C8H10O2S. The van der Waals surface area contributed by atoms with E-state index in [-0.39, 0.29) is 0 Å². The minimum Gasteiger partial charge on any atom is -0.377 e. The number of hydrogen-bond acceptors (Lipinski definition) is 3. The molecule has 1 heterocycles. The predicted octanol–water partition coefficient (Wildman–Crippen LogP) is 2.10. The smallest absolute Gasteiger partial charge is 0.160 e. The molecule has 0 bridgehead atoms. The van der Waals surface area contributed by atoms with Crippen LogP contribution in [0.3, 0.4) is 0 Å². The number of carbonyl (C=O) groups is 1. The monoisotopic (exact) mass is 170 g/mol. The number of aldehydes is 1. The van der Waals surface area contributed by atoms with Crippen LogP contribution < -0.4 is 0 Å². The van der Waals surface area contributed by atoms with Gasteiger partial charge in [0.25, 0.3) is 0 Å². The van der Waals surface area contributed by atoms with E-state index in [1.54, 1.807) is 0 Å². The molecular weight excluding hydrogens is 160 g/mol. The van der Waals surface area contributed by atoms with E-state index in [1.165, 1.54) is 11.3 Å². The van der Waals surface area contributed by atoms with Crippen molar-refractivity contribution >= 4 is 17.6 Å². The molecule has 0 fully saturated rings. The van der Waals surface area contributed by atoms with E-state index in [4.69, 9.17) is 4.74 Å². The minimum atomic E-state index is 0.612. The SMILES string of the molecule is CCOCc1csc(C=O)c1. The van der Waals surface area contributed by atoms with Crippen molar-refractivity contribution in [3.63, 3.8) is 0 Å². The molecule has 0 aliphatic rings. The maximum atomic E-state index is 10.3. The number of hydrogen-bond donors (Lipinski definition) is 0. The van der Waals surface area contributed by atoms with Crippen LogP contribution in [-0.2, 0) is 11.3 Å². The quantitative estimate of drug-likeness (QED) is 0.647. The Morgan fingerprint density at radius 2 is 2.55 bits per heavy atom. The normalized spacial score (nSPS) is 9.91. The Hall–Kier alpha value is -0.670. The van der Waals surface area contributed by atoms with Crippen molar-refractivity contribution in [2.75, 3.05) is 6.61 Å². The Balaban J connectivity index is 2.51. The summed E-state index contributed by atoms with van der Waals surface area (Å²) in [5.41, 5.74) is 1.08. The molecule has 0 radical (unpaired) electrons. The van der Waals surface area contributed by atoms with Crippen LogP contribution in [0.15, 0.2) is 11.4 Å². The van der Waals surface area contributed by atoms with E-state index < -0.39 is 0 Å². The number of rotatable bonds is 4. The summed E-state index contributed by atoms with van der Waals surface area (Å²) in [4.78, 5) is 11.0. The molecule has 0 atom stereocenters. The van der Waals surface area contributed by atoms with Crippen molar-refractivity contribution in [3.8, 4) is 0 Å². The Bertz CT molecular complexity index is 230. The van der Waals surface area contributed by atoms with Gasteiger partial charge in [0.1, 0.15) is 0 Å². The van der Waals surface area contributed by atoms with Crippen LogP contribution in [0.1, 0.15) is 22.2 Å². The summed E-state index contributed by atoms with van der Waals surface area (Å²) >= 11 is 1.45. The van der Waals surface area contributed by atoms with Gasteiger partial charge in [0.05, 0.1) is 11.5 Å². The fraction of sp³-hybridized carbons (Fsp3) is 0.375. The lowest BCUT2D eigenvalue weighted by Crippen LogP contribution is -1.88. The summed E-state index contributed by atoms with van der Waals surface area (Å²) < 4.78 is 5.17. The highest BCUT2D eigenvalue weighted by atomic mass is 32.1. The van der Waals surface area contributed by atoms with Gasteiger partial charge in [-0.05, 0) is 23.9 Å². The summed E-state index contributed by atoms with van der Waals surface area (Å²) in [7, 11) is 0. The molecule has 1 aromatic rings. The lowest BCUT2D eigenvalue weighted by Gasteiger charge is -1.94. The topological polar surface area (TPSA) is 26.3 Å². The third kappa shape index (κ3) is 2.44. The van der Waals surface area contributed by atoms with Gasteiger partial charge in [0, 0.05) is 6.61 Å². The van der Waals surface area contributed by atoms with Crippen LogP contribution in [0.25, 0.3) is 0 Å². The lowest BCUT2D eigenvalue weighted by atomic mass is 10.3. The zero-order chi connectivity index (χ0) is 8.10. The van der Waals surface area contributed by atoms with Crippen molar-refractivity contribution in [1.29, 1.82) is 0 Å². The maximum absolute atomic E-state index is 10.3. The average Bonchev–Trinajstić information content (AvgIpc) is 2.48. The Morgan fingerprint density at radius 1 is 1.73 bits per heavy atom. The lowest BCUT2D eigenvalue weighted by molar-refractivity contribution is 0.112. The van der Waals surface area contributed by atoms with E-state index in [9.17, 15) is 4.79 Å². The second kappa shape index (κ2) is 4.26. The first-order chi connectivity index (χ1) is 5.36. The first-order valence-electron chi connectivity index (χ1n) is 3.47. The molecule has 0 unspecified atom stereocenters. The number of thiophene rings is 1. The van der Waals surface area contributed by atoms with Gasteiger partial charge in [-0.25, -0.2) is 0 Å². The molecule has 1 rings (SSSR count). The molecule has 0 saturated heterocycles. The predicted molar refractivity (Wildman–Crippen MR) is 45.0 cm³/mol. The zero-order valence-electron chi connectivity index (χ0n) is 6.37. The largest absolute Gasteiger partial charge is 0.377 e. The van der Waals surface area contributed by atoms with Crippen LogP contribution >= 0.6 is 11.3 Å². The van der Waals surface area contributed by atoms with Crippen molar-refractivity contribution in [2.45, 2.75) is 13.5 Å². The third-order valence-corrected chi connectivity index (χ3v) is 2.17. The maximum Gasteiger partial charge on any atom is 0.160 e.